The molecule has 1 aromatic carbocycles. The van der Waals surface area contributed by atoms with E-state index in [1.165, 1.54) is 0 Å². The van der Waals surface area contributed by atoms with Crippen LogP contribution in [0.15, 0.2) is 53.1 Å². The van der Waals surface area contributed by atoms with E-state index < -0.39 is 0 Å². The molecule has 0 saturated carbocycles. The van der Waals surface area contributed by atoms with E-state index >= 15 is 0 Å². The molecule has 0 unspecified atom stereocenters. The largest absolute Gasteiger partial charge is 0.383 e. The Morgan fingerprint density at radius 1 is 0.952 bits per heavy atom. The smallest absolute Gasteiger partial charge is 0.163 e. The molecule has 0 aliphatic carbocycles. The number of nitrogens with zero attached hydrogens (tertiary/aromatic N) is 3. The van der Waals surface area contributed by atoms with E-state index in [9.17, 15) is 0 Å². The van der Waals surface area contributed by atoms with E-state index in [1.54, 1.807) is 6.20 Å². The second-order valence-electron chi connectivity index (χ2n) is 4.65. The van der Waals surface area contributed by atoms with Crippen LogP contribution in [0.5, 0.6) is 0 Å². The van der Waals surface area contributed by atoms with E-state index in [2.05, 4.69) is 30.9 Å². The van der Waals surface area contributed by atoms with Crippen molar-refractivity contribution in [3.8, 4) is 22.6 Å². The van der Waals surface area contributed by atoms with Crippen molar-refractivity contribution in [3.05, 3.63) is 58.8 Å². The summed E-state index contributed by atoms with van der Waals surface area (Å²) in [5, 5.41) is 0. The topological polar surface area (TPSA) is 64.7 Å². The molecule has 0 fully saturated rings. The van der Waals surface area contributed by atoms with Crippen molar-refractivity contribution >= 4 is 21.7 Å². The monoisotopic (exact) mass is 340 g/mol. The minimum absolute atomic E-state index is 0.416. The number of hydrogen-bond acceptors (Lipinski definition) is 4. The van der Waals surface area contributed by atoms with Gasteiger partial charge in [0.05, 0.1) is 10.2 Å². The maximum atomic E-state index is 6.01. The van der Waals surface area contributed by atoms with Crippen LogP contribution in [0.3, 0.4) is 0 Å². The zero-order valence-electron chi connectivity index (χ0n) is 11.4. The normalized spacial score (nSPS) is 10.6. The number of aromatic nitrogens is 3. The predicted octanol–water partition coefficient (Wildman–Crippen LogP) is 3.86. The first-order valence-electron chi connectivity index (χ1n) is 6.46. The Bertz CT molecular complexity index is 770. The second-order valence-corrected chi connectivity index (χ2v) is 5.44. The molecule has 0 atom stereocenters. The Balaban J connectivity index is 2.16. The molecule has 3 aromatic rings. The lowest BCUT2D eigenvalue weighted by molar-refractivity contribution is 1.14. The van der Waals surface area contributed by atoms with Gasteiger partial charge in [0.1, 0.15) is 5.82 Å². The summed E-state index contributed by atoms with van der Waals surface area (Å²) < 4.78 is 0.706. The highest BCUT2D eigenvalue weighted by Gasteiger charge is 2.13. The van der Waals surface area contributed by atoms with Crippen molar-refractivity contribution in [2.45, 2.75) is 6.92 Å². The molecule has 2 N–H and O–H groups in total. The molecule has 2 aromatic heterocycles. The Kier molecular flexibility index (Phi) is 3.66. The van der Waals surface area contributed by atoms with Gasteiger partial charge >= 0.3 is 0 Å². The van der Waals surface area contributed by atoms with Crippen LogP contribution in [0, 0.1) is 6.92 Å². The minimum Gasteiger partial charge on any atom is -0.383 e. The van der Waals surface area contributed by atoms with Crippen LogP contribution in [0.25, 0.3) is 22.6 Å². The summed E-state index contributed by atoms with van der Waals surface area (Å²) in [6, 6.07) is 13.7. The second kappa shape index (κ2) is 5.61. The number of benzene rings is 1. The lowest BCUT2D eigenvalue weighted by Gasteiger charge is -2.09. The molecule has 0 aliphatic rings. The van der Waals surface area contributed by atoms with Gasteiger partial charge in [0, 0.05) is 23.0 Å². The number of hydrogen-bond donors (Lipinski definition) is 1. The molecule has 4 nitrogen and oxygen atoms in total. The number of pyridine rings is 1. The highest BCUT2D eigenvalue weighted by molar-refractivity contribution is 9.10. The van der Waals surface area contributed by atoms with Crippen LogP contribution < -0.4 is 5.73 Å². The lowest BCUT2D eigenvalue weighted by atomic mass is 10.1. The van der Waals surface area contributed by atoms with E-state index in [0.29, 0.717) is 16.1 Å². The Hall–Kier alpha value is -2.27. The van der Waals surface area contributed by atoms with Gasteiger partial charge in [0.25, 0.3) is 0 Å². The standard InChI is InChI=1S/C16H13BrN4/c1-10-7-8-12(9-19-10)16-20-14(13(17)15(18)21-16)11-5-3-2-4-6-11/h2-9H,1H3,(H2,18,20,21). The highest BCUT2D eigenvalue weighted by atomic mass is 79.9. The van der Waals surface area contributed by atoms with Crippen LogP contribution in [0.2, 0.25) is 0 Å². The third-order valence-corrected chi connectivity index (χ3v) is 3.88. The van der Waals surface area contributed by atoms with Gasteiger partial charge in [0.2, 0.25) is 0 Å². The molecule has 3 rings (SSSR count). The average Bonchev–Trinajstić information content (AvgIpc) is 2.51. The molecule has 0 bridgehead atoms. The number of halogens is 1. The zero-order chi connectivity index (χ0) is 14.8. The molecule has 0 saturated heterocycles. The first kappa shape index (κ1) is 13.7. The van der Waals surface area contributed by atoms with Crippen LogP contribution >= 0.6 is 15.9 Å². The molecule has 0 radical (unpaired) electrons. The van der Waals surface area contributed by atoms with Gasteiger partial charge in [0.15, 0.2) is 5.82 Å². The fraction of sp³-hybridized carbons (Fsp3) is 0.0625. The molecule has 2 heterocycles. The van der Waals surface area contributed by atoms with E-state index in [-0.39, 0.29) is 0 Å². The molecule has 0 aliphatic heterocycles. The quantitative estimate of drug-likeness (QED) is 0.769. The third kappa shape index (κ3) is 2.78. The first-order chi connectivity index (χ1) is 10.1. The van der Waals surface area contributed by atoms with E-state index in [4.69, 9.17) is 5.73 Å². The highest BCUT2D eigenvalue weighted by Crippen LogP contribution is 2.32. The fourth-order valence-electron chi connectivity index (χ4n) is 1.98. The maximum absolute atomic E-state index is 6.01. The maximum Gasteiger partial charge on any atom is 0.163 e. The summed E-state index contributed by atoms with van der Waals surface area (Å²) >= 11 is 3.47. The van der Waals surface area contributed by atoms with Gasteiger partial charge in [-0.25, -0.2) is 9.97 Å². The minimum atomic E-state index is 0.416. The van der Waals surface area contributed by atoms with Gasteiger partial charge in [-0.05, 0) is 35.0 Å². The zero-order valence-corrected chi connectivity index (χ0v) is 13.0. The van der Waals surface area contributed by atoms with Gasteiger partial charge in [-0.2, -0.15) is 0 Å². The first-order valence-corrected chi connectivity index (χ1v) is 7.26. The number of nitrogens with two attached hydrogens (primary N) is 1. The Morgan fingerprint density at radius 3 is 2.38 bits per heavy atom. The number of anilines is 1. The molecule has 0 amide bonds. The number of aryl methyl sites for hydroxylation is 1. The van der Waals surface area contributed by atoms with Crippen LogP contribution in [0.4, 0.5) is 5.82 Å². The fourth-order valence-corrected chi connectivity index (χ4v) is 2.39. The summed E-state index contributed by atoms with van der Waals surface area (Å²) in [7, 11) is 0. The van der Waals surface area contributed by atoms with Crippen LogP contribution in [0.1, 0.15) is 5.69 Å². The lowest BCUT2D eigenvalue weighted by Crippen LogP contribution is -2.00. The van der Waals surface area contributed by atoms with Crippen molar-refractivity contribution in [3.63, 3.8) is 0 Å². The number of rotatable bonds is 2. The molecule has 21 heavy (non-hydrogen) atoms. The summed E-state index contributed by atoms with van der Waals surface area (Å²) in [6.07, 6.45) is 1.76. The van der Waals surface area contributed by atoms with Crippen LogP contribution in [-0.4, -0.2) is 15.0 Å². The Morgan fingerprint density at radius 2 is 1.71 bits per heavy atom. The molecule has 104 valence electrons. The van der Waals surface area contributed by atoms with Crippen molar-refractivity contribution in [2.75, 3.05) is 5.73 Å². The average molecular weight is 341 g/mol. The predicted molar refractivity (Wildman–Crippen MR) is 87.5 cm³/mol. The number of nitrogen functional groups attached to an aromatic ring is 1. The third-order valence-electron chi connectivity index (χ3n) is 3.09. The van der Waals surface area contributed by atoms with Gasteiger partial charge in [-0.3, -0.25) is 4.98 Å². The van der Waals surface area contributed by atoms with Gasteiger partial charge < -0.3 is 5.73 Å². The van der Waals surface area contributed by atoms with E-state index in [0.717, 1.165) is 22.5 Å². The molecular formula is C16H13BrN4. The van der Waals surface area contributed by atoms with Crippen LogP contribution in [-0.2, 0) is 0 Å². The molecule has 0 spiro atoms. The molecule has 5 heteroatoms. The summed E-state index contributed by atoms with van der Waals surface area (Å²) in [5.41, 5.74) is 9.57. The SMILES string of the molecule is Cc1ccc(-c2nc(N)c(Br)c(-c3ccccc3)n2)cn1. The van der Waals surface area contributed by atoms with Crippen molar-refractivity contribution in [1.82, 2.24) is 15.0 Å². The summed E-state index contributed by atoms with van der Waals surface area (Å²) in [6.45, 7) is 1.94. The Labute approximate surface area is 131 Å². The summed E-state index contributed by atoms with van der Waals surface area (Å²) in [4.78, 5) is 13.2. The van der Waals surface area contributed by atoms with Crippen molar-refractivity contribution in [1.29, 1.82) is 0 Å². The van der Waals surface area contributed by atoms with Gasteiger partial charge in [-0.1, -0.05) is 30.3 Å². The van der Waals surface area contributed by atoms with Crippen molar-refractivity contribution < 1.29 is 0 Å². The summed E-state index contributed by atoms with van der Waals surface area (Å²) in [5.74, 6) is 0.987. The molecular weight excluding hydrogens is 328 g/mol. The van der Waals surface area contributed by atoms with E-state index in [1.807, 2.05) is 49.4 Å². The van der Waals surface area contributed by atoms with Gasteiger partial charge in [-0.15, -0.1) is 0 Å². The van der Waals surface area contributed by atoms with Crippen molar-refractivity contribution in [2.24, 2.45) is 0 Å².